The van der Waals surface area contributed by atoms with E-state index in [0.29, 0.717) is 6.54 Å². The summed E-state index contributed by atoms with van der Waals surface area (Å²) in [5.74, 6) is 0.0926. The summed E-state index contributed by atoms with van der Waals surface area (Å²) >= 11 is 1.56. The second-order valence-electron chi connectivity index (χ2n) is 3.90. The van der Waals surface area contributed by atoms with Crippen LogP contribution >= 0.6 is 11.8 Å². The molecule has 1 aromatic rings. The van der Waals surface area contributed by atoms with E-state index in [4.69, 9.17) is 5.73 Å². The van der Waals surface area contributed by atoms with E-state index in [2.05, 4.69) is 5.32 Å². The summed E-state index contributed by atoms with van der Waals surface area (Å²) in [6.07, 6.45) is 0.964. The van der Waals surface area contributed by atoms with Gasteiger partial charge in [-0.3, -0.25) is 4.79 Å². The third-order valence-corrected chi connectivity index (χ3v) is 3.46. The van der Waals surface area contributed by atoms with Crippen LogP contribution in [0.15, 0.2) is 29.2 Å². The van der Waals surface area contributed by atoms with Crippen molar-refractivity contribution in [3.8, 4) is 0 Å². The summed E-state index contributed by atoms with van der Waals surface area (Å²) in [6, 6.07) is 8.01. The molecule has 0 aromatic heterocycles. The lowest BCUT2D eigenvalue weighted by molar-refractivity contribution is -0.120. The smallest absolute Gasteiger partial charge is 0.233 e. The van der Waals surface area contributed by atoms with Crippen molar-refractivity contribution in [3.63, 3.8) is 0 Å². The Hall–Kier alpha value is -1.00. The number of amides is 1. The van der Waals surface area contributed by atoms with Crippen molar-refractivity contribution >= 4 is 17.7 Å². The van der Waals surface area contributed by atoms with Gasteiger partial charge < -0.3 is 11.1 Å². The molecular weight excluding hydrogens is 232 g/mol. The highest BCUT2D eigenvalue weighted by atomic mass is 32.2. The van der Waals surface area contributed by atoms with Crippen LogP contribution in [-0.4, -0.2) is 17.7 Å². The maximum atomic E-state index is 11.7. The molecule has 1 aromatic carbocycles. The third-order valence-electron chi connectivity index (χ3n) is 2.37. The van der Waals surface area contributed by atoms with Crippen LogP contribution in [0.5, 0.6) is 0 Å². The van der Waals surface area contributed by atoms with Crippen molar-refractivity contribution in [2.24, 2.45) is 5.73 Å². The first-order chi connectivity index (χ1) is 8.17. The highest BCUT2D eigenvalue weighted by molar-refractivity contribution is 8.00. The van der Waals surface area contributed by atoms with Crippen LogP contribution < -0.4 is 11.1 Å². The molecule has 1 rings (SSSR count). The van der Waals surface area contributed by atoms with Crippen LogP contribution in [-0.2, 0) is 11.3 Å². The number of benzene rings is 1. The zero-order valence-corrected chi connectivity index (χ0v) is 11.2. The topological polar surface area (TPSA) is 55.1 Å². The molecule has 1 unspecified atom stereocenters. The van der Waals surface area contributed by atoms with E-state index >= 15 is 0 Å². The van der Waals surface area contributed by atoms with Gasteiger partial charge in [0.05, 0.1) is 5.25 Å². The summed E-state index contributed by atoms with van der Waals surface area (Å²) in [4.78, 5) is 12.8. The average Bonchev–Trinajstić information content (AvgIpc) is 2.36. The number of hydrogen-bond donors (Lipinski definition) is 2. The molecule has 0 spiro atoms. The lowest BCUT2D eigenvalue weighted by Crippen LogP contribution is -2.31. The molecule has 1 amide bonds. The van der Waals surface area contributed by atoms with Gasteiger partial charge in [0, 0.05) is 18.0 Å². The minimum atomic E-state index is -0.0745. The van der Waals surface area contributed by atoms with Gasteiger partial charge in [-0.25, -0.2) is 0 Å². The van der Waals surface area contributed by atoms with Crippen molar-refractivity contribution in [3.05, 3.63) is 29.8 Å². The lowest BCUT2D eigenvalue weighted by atomic mass is 10.2. The number of rotatable bonds is 6. The quantitative estimate of drug-likeness (QED) is 0.763. The molecule has 0 radical (unpaired) electrons. The highest BCUT2D eigenvalue weighted by Crippen LogP contribution is 2.24. The Morgan fingerprint density at radius 1 is 1.53 bits per heavy atom. The molecule has 0 aliphatic carbocycles. The summed E-state index contributed by atoms with van der Waals surface area (Å²) in [5.41, 5.74) is 6.68. The predicted octanol–water partition coefficient (Wildman–Crippen LogP) is 2.15. The molecule has 0 bridgehead atoms. The standard InChI is InChI=1S/C13H20N2OS/c1-3-7-15-13(16)10(2)17-12-6-4-5-11(8-12)9-14/h4-6,8,10H,3,7,9,14H2,1-2H3,(H,15,16). The van der Waals surface area contributed by atoms with Gasteiger partial charge in [-0.1, -0.05) is 19.1 Å². The fraction of sp³-hybridized carbons (Fsp3) is 0.462. The molecule has 0 fully saturated rings. The summed E-state index contributed by atoms with van der Waals surface area (Å²) < 4.78 is 0. The number of carbonyl (C=O) groups excluding carboxylic acids is 1. The van der Waals surface area contributed by atoms with Crippen molar-refractivity contribution in [2.75, 3.05) is 6.54 Å². The van der Waals surface area contributed by atoms with Gasteiger partial charge in [0.25, 0.3) is 0 Å². The average molecular weight is 252 g/mol. The van der Waals surface area contributed by atoms with Crippen LogP contribution in [0.25, 0.3) is 0 Å². The zero-order chi connectivity index (χ0) is 12.7. The van der Waals surface area contributed by atoms with Crippen LogP contribution in [0.1, 0.15) is 25.8 Å². The summed E-state index contributed by atoms with van der Waals surface area (Å²) in [7, 11) is 0. The molecule has 0 aliphatic heterocycles. The molecule has 0 saturated heterocycles. The third kappa shape index (κ3) is 4.79. The van der Waals surface area contributed by atoms with E-state index < -0.39 is 0 Å². The molecule has 1 atom stereocenters. The Kier molecular flexibility index (Phi) is 6.08. The van der Waals surface area contributed by atoms with Crippen LogP contribution in [0.2, 0.25) is 0 Å². The SMILES string of the molecule is CCCNC(=O)C(C)Sc1cccc(CN)c1. The van der Waals surface area contributed by atoms with Gasteiger partial charge in [0.1, 0.15) is 0 Å². The largest absolute Gasteiger partial charge is 0.355 e. The molecular formula is C13H20N2OS. The van der Waals surface area contributed by atoms with E-state index in [1.807, 2.05) is 38.1 Å². The second kappa shape index (κ2) is 7.35. The van der Waals surface area contributed by atoms with Crippen molar-refractivity contribution in [2.45, 2.75) is 37.0 Å². The van der Waals surface area contributed by atoms with E-state index in [-0.39, 0.29) is 11.2 Å². The molecule has 3 nitrogen and oxygen atoms in total. The lowest BCUT2D eigenvalue weighted by Gasteiger charge is -2.11. The fourth-order valence-corrected chi connectivity index (χ4v) is 2.37. The van der Waals surface area contributed by atoms with E-state index in [9.17, 15) is 4.79 Å². The zero-order valence-electron chi connectivity index (χ0n) is 10.4. The van der Waals surface area contributed by atoms with Crippen molar-refractivity contribution in [1.29, 1.82) is 0 Å². The van der Waals surface area contributed by atoms with Gasteiger partial charge in [-0.15, -0.1) is 11.8 Å². The van der Waals surface area contributed by atoms with E-state index in [1.54, 1.807) is 11.8 Å². The van der Waals surface area contributed by atoms with Crippen LogP contribution in [0, 0.1) is 0 Å². The Morgan fingerprint density at radius 3 is 2.94 bits per heavy atom. The fourth-order valence-electron chi connectivity index (χ4n) is 1.40. The Morgan fingerprint density at radius 2 is 2.29 bits per heavy atom. The summed E-state index contributed by atoms with van der Waals surface area (Å²) in [6.45, 7) is 5.24. The second-order valence-corrected chi connectivity index (χ2v) is 5.32. The van der Waals surface area contributed by atoms with Gasteiger partial charge in [0.15, 0.2) is 0 Å². The number of thioether (sulfide) groups is 1. The molecule has 17 heavy (non-hydrogen) atoms. The van der Waals surface area contributed by atoms with Crippen LogP contribution in [0.4, 0.5) is 0 Å². The first kappa shape index (κ1) is 14.1. The van der Waals surface area contributed by atoms with Gasteiger partial charge >= 0.3 is 0 Å². The molecule has 0 saturated carbocycles. The Labute approximate surface area is 107 Å². The summed E-state index contributed by atoms with van der Waals surface area (Å²) in [5, 5.41) is 2.82. The normalized spacial score (nSPS) is 12.2. The maximum Gasteiger partial charge on any atom is 0.233 e. The molecule has 4 heteroatoms. The number of nitrogens with one attached hydrogen (secondary N) is 1. The molecule has 0 aliphatic rings. The monoisotopic (exact) mass is 252 g/mol. The molecule has 0 heterocycles. The minimum Gasteiger partial charge on any atom is -0.355 e. The number of hydrogen-bond acceptors (Lipinski definition) is 3. The van der Waals surface area contributed by atoms with Crippen LogP contribution in [0.3, 0.4) is 0 Å². The van der Waals surface area contributed by atoms with Gasteiger partial charge in [0.2, 0.25) is 5.91 Å². The van der Waals surface area contributed by atoms with Gasteiger partial charge in [-0.2, -0.15) is 0 Å². The van der Waals surface area contributed by atoms with E-state index in [1.165, 1.54) is 0 Å². The van der Waals surface area contributed by atoms with Gasteiger partial charge in [-0.05, 0) is 31.0 Å². The Balaban J connectivity index is 2.54. The first-order valence-corrected chi connectivity index (χ1v) is 6.78. The number of nitrogens with two attached hydrogens (primary N) is 1. The maximum absolute atomic E-state index is 11.7. The molecule has 3 N–H and O–H groups in total. The van der Waals surface area contributed by atoms with Crippen molar-refractivity contribution < 1.29 is 4.79 Å². The minimum absolute atomic E-state index is 0.0745. The first-order valence-electron chi connectivity index (χ1n) is 5.90. The molecule has 94 valence electrons. The number of carbonyl (C=O) groups is 1. The Bertz CT molecular complexity index is 368. The predicted molar refractivity (Wildman–Crippen MR) is 73.0 cm³/mol. The highest BCUT2D eigenvalue weighted by Gasteiger charge is 2.13. The van der Waals surface area contributed by atoms with E-state index in [0.717, 1.165) is 23.4 Å². The van der Waals surface area contributed by atoms with Crippen molar-refractivity contribution in [1.82, 2.24) is 5.32 Å².